The molecule has 0 amide bonds. The Morgan fingerprint density at radius 3 is 2.29 bits per heavy atom. The van der Waals surface area contributed by atoms with E-state index < -0.39 is 24.9 Å². The second kappa shape index (κ2) is 4.27. The van der Waals surface area contributed by atoms with Crippen molar-refractivity contribution in [2.45, 2.75) is 5.25 Å². The van der Waals surface area contributed by atoms with Crippen LogP contribution in [0.5, 0.6) is 0 Å². The van der Waals surface area contributed by atoms with E-state index in [4.69, 9.17) is 0 Å². The fraction of sp³-hybridized carbons (Fsp3) is 0.273. The molecule has 1 aliphatic rings. The zero-order chi connectivity index (χ0) is 12.5. The van der Waals surface area contributed by atoms with Crippen LogP contribution in [-0.2, 0) is 19.7 Å². The van der Waals surface area contributed by atoms with Gasteiger partial charge in [0, 0.05) is 5.41 Å². The first kappa shape index (κ1) is 12.3. The van der Waals surface area contributed by atoms with Crippen LogP contribution < -0.4 is 0 Å². The summed E-state index contributed by atoms with van der Waals surface area (Å²) in [5.74, 6) is -0.609. The molecule has 0 aliphatic carbocycles. The number of hydrogen-bond donors (Lipinski definition) is 0. The van der Waals surface area contributed by atoms with Gasteiger partial charge < -0.3 is 0 Å². The van der Waals surface area contributed by atoms with E-state index in [-0.39, 0.29) is 11.5 Å². The molecule has 1 aromatic rings. The fourth-order valence-corrected chi connectivity index (χ4v) is 5.58. The smallest absolute Gasteiger partial charge is 0.172 e. The predicted molar refractivity (Wildman–Crippen MR) is 65.9 cm³/mol. The highest BCUT2D eigenvalue weighted by molar-refractivity contribution is 7.97. The molecule has 2 rings (SSSR count). The minimum absolute atomic E-state index is 0.230. The van der Waals surface area contributed by atoms with Gasteiger partial charge in [-0.05, 0) is 5.56 Å². The Morgan fingerprint density at radius 2 is 1.65 bits per heavy atom. The van der Waals surface area contributed by atoms with Crippen molar-refractivity contribution in [3.8, 4) is 0 Å². The first-order valence-electron chi connectivity index (χ1n) is 5.06. The average molecular weight is 272 g/mol. The second-order valence-corrected chi connectivity index (χ2v) is 8.09. The first-order chi connectivity index (χ1) is 7.91. The lowest BCUT2D eigenvalue weighted by molar-refractivity contribution is 0.582. The maximum Gasteiger partial charge on any atom is 0.172 e. The summed E-state index contributed by atoms with van der Waals surface area (Å²) in [6.07, 6.45) is 1.20. The van der Waals surface area contributed by atoms with Crippen molar-refractivity contribution in [1.82, 2.24) is 0 Å². The Balaban J connectivity index is 2.51. The number of sulfone groups is 2. The second-order valence-electron chi connectivity index (χ2n) is 3.93. The summed E-state index contributed by atoms with van der Waals surface area (Å²) < 4.78 is 47.1. The Kier molecular flexibility index (Phi) is 3.09. The standard InChI is InChI=1S/C11H12O4S2/c12-16(13)7-4-8-17(14,15)11(9-16)10-5-2-1-3-6-10/h1-7,11H,8-9H2. The molecule has 1 aliphatic heterocycles. The van der Waals surface area contributed by atoms with Crippen LogP contribution in [0.25, 0.3) is 0 Å². The van der Waals surface area contributed by atoms with Gasteiger partial charge in [-0.2, -0.15) is 0 Å². The van der Waals surface area contributed by atoms with Crippen LogP contribution in [0.1, 0.15) is 10.8 Å². The van der Waals surface area contributed by atoms with Crippen molar-refractivity contribution in [3.63, 3.8) is 0 Å². The Morgan fingerprint density at radius 1 is 1.00 bits per heavy atom. The summed E-state index contributed by atoms with van der Waals surface area (Å²) in [7, 11) is -6.90. The molecule has 0 radical (unpaired) electrons. The van der Waals surface area contributed by atoms with Crippen LogP contribution in [0.3, 0.4) is 0 Å². The van der Waals surface area contributed by atoms with Gasteiger partial charge in [0.2, 0.25) is 0 Å². The number of hydrogen-bond acceptors (Lipinski definition) is 4. The molecule has 6 heteroatoms. The molecule has 1 atom stereocenters. The summed E-state index contributed by atoms with van der Waals surface area (Å²) >= 11 is 0. The fourth-order valence-electron chi connectivity index (χ4n) is 1.78. The molecular weight excluding hydrogens is 260 g/mol. The number of benzene rings is 1. The van der Waals surface area contributed by atoms with Gasteiger partial charge in [0.15, 0.2) is 19.7 Å². The van der Waals surface area contributed by atoms with Gasteiger partial charge >= 0.3 is 0 Å². The molecule has 0 saturated heterocycles. The summed E-state index contributed by atoms with van der Waals surface area (Å²) in [5.41, 5.74) is 0.528. The Bertz CT molecular complexity index is 627. The third-order valence-electron chi connectivity index (χ3n) is 2.62. The first-order valence-corrected chi connectivity index (χ1v) is 8.50. The van der Waals surface area contributed by atoms with E-state index >= 15 is 0 Å². The molecule has 1 unspecified atom stereocenters. The van der Waals surface area contributed by atoms with E-state index in [2.05, 4.69) is 0 Å². The lowest BCUT2D eigenvalue weighted by Crippen LogP contribution is -2.20. The van der Waals surface area contributed by atoms with Gasteiger partial charge in [-0.25, -0.2) is 16.8 Å². The molecule has 1 heterocycles. The van der Waals surface area contributed by atoms with Gasteiger partial charge in [-0.1, -0.05) is 36.4 Å². The summed E-state index contributed by atoms with van der Waals surface area (Å²) in [5, 5.41) is 0.0247. The zero-order valence-corrected chi connectivity index (χ0v) is 10.6. The van der Waals surface area contributed by atoms with Crippen LogP contribution in [0.15, 0.2) is 41.8 Å². The van der Waals surface area contributed by atoms with Crippen molar-refractivity contribution in [2.24, 2.45) is 0 Å². The molecule has 92 valence electrons. The van der Waals surface area contributed by atoms with E-state index in [0.29, 0.717) is 5.56 Å². The molecule has 17 heavy (non-hydrogen) atoms. The lowest BCUT2D eigenvalue weighted by atomic mass is 10.2. The topological polar surface area (TPSA) is 68.3 Å². The largest absolute Gasteiger partial charge is 0.228 e. The quantitative estimate of drug-likeness (QED) is 0.767. The van der Waals surface area contributed by atoms with Crippen molar-refractivity contribution in [3.05, 3.63) is 47.4 Å². The van der Waals surface area contributed by atoms with Crippen LogP contribution in [-0.4, -0.2) is 28.3 Å². The summed E-state index contributed by atoms with van der Waals surface area (Å²) in [4.78, 5) is 0. The SMILES string of the molecule is O=S1(=O)C=CCS(=O)(=O)C(c2ccccc2)C1. The molecule has 0 N–H and O–H groups in total. The van der Waals surface area contributed by atoms with Gasteiger partial charge in [-0.3, -0.25) is 0 Å². The lowest BCUT2D eigenvalue weighted by Gasteiger charge is -2.14. The van der Waals surface area contributed by atoms with Gasteiger partial charge in [0.25, 0.3) is 0 Å². The normalized spacial score (nSPS) is 26.2. The molecule has 0 saturated carbocycles. The van der Waals surface area contributed by atoms with Crippen molar-refractivity contribution in [2.75, 3.05) is 11.5 Å². The molecule has 0 fully saturated rings. The maximum atomic E-state index is 12.0. The minimum atomic E-state index is -3.45. The van der Waals surface area contributed by atoms with E-state index in [1.165, 1.54) is 6.08 Å². The molecule has 0 bridgehead atoms. The van der Waals surface area contributed by atoms with Crippen LogP contribution in [0, 0.1) is 0 Å². The highest BCUT2D eigenvalue weighted by Crippen LogP contribution is 2.27. The average Bonchev–Trinajstić information content (AvgIpc) is 2.36. The van der Waals surface area contributed by atoms with Crippen molar-refractivity contribution in [1.29, 1.82) is 0 Å². The third kappa shape index (κ3) is 2.76. The van der Waals surface area contributed by atoms with E-state index in [0.717, 1.165) is 5.41 Å². The third-order valence-corrected chi connectivity index (χ3v) is 6.20. The van der Waals surface area contributed by atoms with Crippen molar-refractivity contribution < 1.29 is 16.8 Å². The van der Waals surface area contributed by atoms with Crippen LogP contribution in [0.4, 0.5) is 0 Å². The number of rotatable bonds is 1. The highest BCUT2D eigenvalue weighted by atomic mass is 32.2. The molecule has 0 aromatic heterocycles. The zero-order valence-electron chi connectivity index (χ0n) is 8.98. The maximum absolute atomic E-state index is 12.0. The molecule has 4 nitrogen and oxygen atoms in total. The van der Waals surface area contributed by atoms with Gasteiger partial charge in [-0.15, -0.1) is 0 Å². The molecule has 1 aromatic carbocycles. The highest BCUT2D eigenvalue weighted by Gasteiger charge is 2.32. The molecular formula is C11H12O4S2. The van der Waals surface area contributed by atoms with E-state index in [9.17, 15) is 16.8 Å². The minimum Gasteiger partial charge on any atom is -0.228 e. The van der Waals surface area contributed by atoms with Crippen LogP contribution in [0.2, 0.25) is 0 Å². The monoisotopic (exact) mass is 272 g/mol. The Hall–Kier alpha value is -1.14. The molecule has 0 spiro atoms. The van der Waals surface area contributed by atoms with Gasteiger partial charge in [0.05, 0.1) is 11.5 Å². The van der Waals surface area contributed by atoms with E-state index in [1.54, 1.807) is 30.3 Å². The Labute approximate surface area is 101 Å². The van der Waals surface area contributed by atoms with E-state index in [1.807, 2.05) is 0 Å². The summed E-state index contributed by atoms with van der Waals surface area (Å²) in [6, 6.07) is 8.46. The predicted octanol–water partition coefficient (Wildman–Crippen LogP) is 1.08. The van der Waals surface area contributed by atoms with Crippen LogP contribution >= 0.6 is 0 Å². The summed E-state index contributed by atoms with van der Waals surface area (Å²) in [6.45, 7) is 0. The van der Waals surface area contributed by atoms with Crippen molar-refractivity contribution >= 4 is 19.7 Å². The van der Waals surface area contributed by atoms with Gasteiger partial charge in [0.1, 0.15) is 5.25 Å².